The molecule has 0 spiro atoms. The minimum absolute atomic E-state index is 0.162. The van der Waals surface area contributed by atoms with Crippen LogP contribution in [0, 0.1) is 23.7 Å². The summed E-state index contributed by atoms with van der Waals surface area (Å²) < 4.78 is 11.0. The summed E-state index contributed by atoms with van der Waals surface area (Å²) in [5, 5.41) is 0.492. The van der Waals surface area contributed by atoms with Crippen molar-refractivity contribution in [1.82, 2.24) is 29.7 Å². The predicted octanol–water partition coefficient (Wildman–Crippen LogP) is 7.33. The molecule has 0 unspecified atom stereocenters. The fraction of sp³-hybridized carbons (Fsp3) is 0.737. The molecule has 0 aliphatic carbocycles. The second-order valence-electron chi connectivity index (χ2n) is 16.5. The van der Waals surface area contributed by atoms with E-state index in [1.54, 1.807) is 12.5 Å². The van der Waals surface area contributed by atoms with Gasteiger partial charge in [-0.25, -0.2) is 29.5 Å². The molecule has 2 amide bonds. The van der Waals surface area contributed by atoms with Crippen LogP contribution in [0.4, 0.5) is 21.2 Å². The third-order valence-corrected chi connectivity index (χ3v) is 10.8. The van der Waals surface area contributed by atoms with Crippen LogP contribution >= 0.6 is 11.6 Å². The molecule has 2 aromatic rings. The van der Waals surface area contributed by atoms with Gasteiger partial charge in [0.2, 0.25) is 0 Å². The lowest BCUT2D eigenvalue weighted by atomic mass is 9.79. The van der Waals surface area contributed by atoms with E-state index in [4.69, 9.17) is 21.1 Å². The molecule has 282 valence electrons. The van der Waals surface area contributed by atoms with Crippen LogP contribution in [0.15, 0.2) is 31.0 Å². The number of ether oxygens (including phenoxy) is 2. The van der Waals surface area contributed by atoms with Gasteiger partial charge in [-0.3, -0.25) is 0 Å². The van der Waals surface area contributed by atoms with Crippen LogP contribution in [0.3, 0.4) is 0 Å². The second kappa shape index (κ2) is 17.4. The number of carbonyl (C=O) groups is 2. The van der Waals surface area contributed by atoms with E-state index >= 15 is 0 Å². The van der Waals surface area contributed by atoms with Crippen LogP contribution < -0.4 is 9.80 Å². The Morgan fingerprint density at radius 2 is 1.00 bits per heavy atom. The number of rotatable bonds is 4. The molecule has 51 heavy (non-hydrogen) atoms. The fourth-order valence-electron chi connectivity index (χ4n) is 7.93. The molecule has 0 aromatic carbocycles. The summed E-state index contributed by atoms with van der Waals surface area (Å²) in [5.41, 5.74) is -0.841. The van der Waals surface area contributed by atoms with Crippen LogP contribution in [-0.2, 0) is 9.47 Å². The molecule has 2 aromatic heterocycles. The first-order valence-corrected chi connectivity index (χ1v) is 19.3. The highest BCUT2D eigenvalue weighted by atomic mass is 35.5. The van der Waals surface area contributed by atoms with Crippen molar-refractivity contribution in [3.05, 3.63) is 36.1 Å². The third kappa shape index (κ3) is 11.8. The Bertz CT molecular complexity index is 1390. The van der Waals surface area contributed by atoms with Gasteiger partial charge in [0.05, 0.1) is 0 Å². The molecule has 6 heterocycles. The summed E-state index contributed by atoms with van der Waals surface area (Å²) >= 11 is 5.97. The maximum atomic E-state index is 12.2. The molecule has 4 saturated heterocycles. The van der Waals surface area contributed by atoms with E-state index < -0.39 is 11.2 Å². The molecule has 13 heteroatoms. The lowest BCUT2D eigenvalue weighted by Gasteiger charge is -2.40. The summed E-state index contributed by atoms with van der Waals surface area (Å²) in [5.74, 6) is 4.87. The van der Waals surface area contributed by atoms with Gasteiger partial charge in [-0.1, -0.05) is 11.6 Å². The van der Waals surface area contributed by atoms with E-state index in [2.05, 4.69) is 29.7 Å². The summed E-state index contributed by atoms with van der Waals surface area (Å²) in [7, 11) is 0. The van der Waals surface area contributed by atoms with E-state index in [9.17, 15) is 9.59 Å². The van der Waals surface area contributed by atoms with E-state index in [-0.39, 0.29) is 12.2 Å². The molecule has 0 bridgehead atoms. The Morgan fingerprint density at radius 3 is 1.37 bits per heavy atom. The van der Waals surface area contributed by atoms with Crippen molar-refractivity contribution in [2.24, 2.45) is 23.7 Å². The molecule has 6 rings (SSSR count). The maximum absolute atomic E-state index is 12.2. The van der Waals surface area contributed by atoms with Crippen molar-refractivity contribution >= 4 is 35.4 Å². The molecule has 0 radical (unpaired) electrons. The predicted molar refractivity (Wildman–Crippen MR) is 200 cm³/mol. The largest absolute Gasteiger partial charge is 0.444 e. The molecule has 4 aliphatic heterocycles. The normalized spacial score (nSPS) is 20.5. The summed E-state index contributed by atoms with van der Waals surface area (Å²) in [6, 6.07) is 3.82. The SMILES string of the molecule is CC(C)(C)OC(=O)N1CCC(C2CCN(c3cc(Cl)ncn3)CC2)CC1.CC(C)(C)OC(=O)N1CCC(C2CCN(c3ccncn3)CC2)CC1. The van der Waals surface area contributed by atoms with E-state index in [1.165, 1.54) is 32.0 Å². The number of anilines is 2. The summed E-state index contributed by atoms with van der Waals surface area (Å²) in [6.07, 6.45) is 13.7. The van der Waals surface area contributed by atoms with Gasteiger partial charge in [-0.15, -0.1) is 0 Å². The number of amides is 2. The van der Waals surface area contributed by atoms with Gasteiger partial charge in [0.1, 0.15) is 40.6 Å². The van der Waals surface area contributed by atoms with Crippen molar-refractivity contribution in [3.8, 4) is 0 Å². The zero-order valence-electron chi connectivity index (χ0n) is 31.6. The van der Waals surface area contributed by atoms with Crippen LogP contribution in [0.5, 0.6) is 0 Å². The first-order chi connectivity index (χ1) is 24.2. The van der Waals surface area contributed by atoms with Gasteiger partial charge in [-0.2, -0.15) is 0 Å². The van der Waals surface area contributed by atoms with Gasteiger partial charge < -0.3 is 29.1 Å². The first kappa shape index (κ1) is 38.8. The zero-order valence-corrected chi connectivity index (χ0v) is 32.4. The number of carbonyl (C=O) groups excluding carboxylic acids is 2. The quantitative estimate of drug-likeness (QED) is 0.297. The monoisotopic (exact) mass is 726 g/mol. The van der Waals surface area contributed by atoms with Crippen LogP contribution in [0.1, 0.15) is 92.9 Å². The van der Waals surface area contributed by atoms with E-state index in [1.807, 2.05) is 63.5 Å². The Kier molecular flexibility index (Phi) is 13.2. The number of aromatic nitrogens is 4. The summed E-state index contributed by atoms with van der Waals surface area (Å²) in [6.45, 7) is 18.9. The minimum Gasteiger partial charge on any atom is -0.444 e. The Morgan fingerprint density at radius 1 is 0.608 bits per heavy atom. The van der Waals surface area contributed by atoms with Gasteiger partial charge in [0.25, 0.3) is 0 Å². The average molecular weight is 727 g/mol. The topological polar surface area (TPSA) is 117 Å². The van der Waals surface area contributed by atoms with Crippen LogP contribution in [0.2, 0.25) is 5.15 Å². The number of likely N-dealkylation sites (tertiary alicyclic amines) is 2. The Labute approximate surface area is 309 Å². The van der Waals surface area contributed by atoms with Gasteiger partial charge in [0, 0.05) is 64.6 Å². The second-order valence-corrected chi connectivity index (χ2v) is 16.9. The van der Waals surface area contributed by atoms with Crippen molar-refractivity contribution in [3.63, 3.8) is 0 Å². The highest BCUT2D eigenvalue weighted by Crippen LogP contribution is 2.35. The van der Waals surface area contributed by atoms with Gasteiger partial charge in [0.15, 0.2) is 0 Å². The van der Waals surface area contributed by atoms with Gasteiger partial charge >= 0.3 is 12.2 Å². The van der Waals surface area contributed by atoms with Crippen LogP contribution in [-0.4, -0.2) is 105 Å². The molecule has 4 fully saturated rings. The number of hydrogen-bond donors (Lipinski definition) is 0. The molecule has 12 nitrogen and oxygen atoms in total. The average Bonchev–Trinajstić information content (AvgIpc) is 3.11. The fourth-order valence-corrected chi connectivity index (χ4v) is 8.07. The van der Waals surface area contributed by atoms with E-state index in [0.717, 1.165) is 107 Å². The maximum Gasteiger partial charge on any atom is 0.410 e. The Balaban J connectivity index is 0.000000198. The lowest BCUT2D eigenvalue weighted by molar-refractivity contribution is 0.0142. The standard InChI is InChI=1S/C19H29ClN4O2.C19H30N4O2/c1-19(2,3)26-18(25)24-10-6-15(7-11-24)14-4-8-23(9-5-14)17-12-16(20)21-13-22-17;1-19(2,3)25-18(24)23-12-7-16(8-13-23)15-5-10-22(11-6-15)17-4-9-20-14-21-17/h12-15H,4-11H2,1-3H3;4,9,14-16H,5-8,10-13H2,1-3H3. The third-order valence-electron chi connectivity index (χ3n) is 10.6. The molecular formula is C38H59ClN8O4. The smallest absolute Gasteiger partial charge is 0.410 e. The van der Waals surface area contributed by atoms with E-state index in [0.29, 0.717) is 11.1 Å². The van der Waals surface area contributed by atoms with Crippen molar-refractivity contribution < 1.29 is 19.1 Å². The highest BCUT2D eigenvalue weighted by Gasteiger charge is 2.34. The van der Waals surface area contributed by atoms with Crippen LogP contribution in [0.25, 0.3) is 0 Å². The van der Waals surface area contributed by atoms with Crippen molar-refractivity contribution in [2.45, 2.75) is 104 Å². The number of piperidine rings is 4. The van der Waals surface area contributed by atoms with Gasteiger partial charge in [-0.05, 0) is 123 Å². The van der Waals surface area contributed by atoms with Crippen molar-refractivity contribution in [2.75, 3.05) is 62.2 Å². The number of hydrogen-bond acceptors (Lipinski definition) is 10. The lowest BCUT2D eigenvalue weighted by Crippen LogP contribution is -2.44. The zero-order chi connectivity index (χ0) is 36.6. The van der Waals surface area contributed by atoms with Crippen molar-refractivity contribution in [1.29, 1.82) is 0 Å². The molecule has 4 aliphatic rings. The first-order valence-electron chi connectivity index (χ1n) is 18.9. The highest BCUT2D eigenvalue weighted by molar-refractivity contribution is 6.29. The molecular weight excluding hydrogens is 668 g/mol. The minimum atomic E-state index is -0.426. The number of halogens is 1. The Hall–Kier alpha value is -3.41. The molecule has 0 saturated carbocycles. The molecule has 0 N–H and O–H groups in total. The summed E-state index contributed by atoms with van der Waals surface area (Å²) in [4.78, 5) is 49.4. The number of nitrogens with zero attached hydrogens (tertiary/aromatic N) is 8. The molecule has 0 atom stereocenters.